The standard InChI is InChI=1S/C9H18O5/c1-4(2)9-8(13)7(12)6(11)5(3-10)14-9/h4-13H,3H2,1-2H3/t5?,6?,7?,8-,9+/m0/s1. The molecule has 1 aliphatic rings. The molecular weight excluding hydrogens is 188 g/mol. The van der Waals surface area contributed by atoms with Gasteiger partial charge in [-0.15, -0.1) is 0 Å². The quantitative estimate of drug-likeness (QED) is 0.441. The Balaban J connectivity index is 2.73. The summed E-state index contributed by atoms with van der Waals surface area (Å²) in [5, 5.41) is 37.4. The van der Waals surface area contributed by atoms with Crippen LogP contribution >= 0.6 is 0 Å². The maximum Gasteiger partial charge on any atom is 0.111 e. The van der Waals surface area contributed by atoms with Crippen molar-refractivity contribution in [1.82, 2.24) is 0 Å². The maximum atomic E-state index is 9.57. The van der Waals surface area contributed by atoms with E-state index in [2.05, 4.69) is 0 Å². The van der Waals surface area contributed by atoms with Gasteiger partial charge in [0, 0.05) is 0 Å². The fourth-order valence-electron chi connectivity index (χ4n) is 1.68. The lowest BCUT2D eigenvalue weighted by Gasteiger charge is -2.41. The summed E-state index contributed by atoms with van der Waals surface area (Å²) >= 11 is 0. The zero-order valence-corrected chi connectivity index (χ0v) is 8.37. The summed E-state index contributed by atoms with van der Waals surface area (Å²) in [7, 11) is 0. The molecule has 4 N–H and O–H groups in total. The van der Waals surface area contributed by atoms with Gasteiger partial charge >= 0.3 is 0 Å². The van der Waals surface area contributed by atoms with E-state index in [1.54, 1.807) is 0 Å². The number of aliphatic hydroxyl groups excluding tert-OH is 4. The van der Waals surface area contributed by atoms with Crippen LogP contribution in [-0.2, 0) is 4.74 Å². The van der Waals surface area contributed by atoms with Crippen LogP contribution in [0.3, 0.4) is 0 Å². The first-order valence-corrected chi connectivity index (χ1v) is 4.79. The summed E-state index contributed by atoms with van der Waals surface area (Å²) < 4.78 is 5.28. The minimum absolute atomic E-state index is 0.0150. The van der Waals surface area contributed by atoms with Crippen LogP contribution in [0.5, 0.6) is 0 Å². The number of hydrogen-bond acceptors (Lipinski definition) is 5. The Kier molecular flexibility index (Phi) is 3.86. The molecule has 0 aromatic heterocycles. The summed E-state index contributed by atoms with van der Waals surface area (Å²) in [4.78, 5) is 0. The molecule has 1 fully saturated rings. The highest BCUT2D eigenvalue weighted by molar-refractivity contribution is 4.92. The number of rotatable bonds is 2. The number of hydrogen-bond donors (Lipinski definition) is 4. The Morgan fingerprint density at radius 1 is 1.07 bits per heavy atom. The van der Waals surface area contributed by atoms with Crippen molar-refractivity contribution < 1.29 is 25.2 Å². The summed E-state index contributed by atoms with van der Waals surface area (Å²) in [5.41, 5.74) is 0. The monoisotopic (exact) mass is 206 g/mol. The van der Waals surface area contributed by atoms with Crippen molar-refractivity contribution in [2.45, 2.75) is 44.4 Å². The molecule has 0 saturated carbocycles. The SMILES string of the molecule is CC(C)[C@H]1OC(CO)C(O)C(O)[C@@H]1O. The molecule has 14 heavy (non-hydrogen) atoms. The second-order valence-electron chi connectivity index (χ2n) is 4.04. The van der Waals surface area contributed by atoms with Gasteiger partial charge in [0.25, 0.3) is 0 Å². The van der Waals surface area contributed by atoms with E-state index in [9.17, 15) is 15.3 Å². The molecule has 5 heteroatoms. The largest absolute Gasteiger partial charge is 0.394 e. The van der Waals surface area contributed by atoms with Crippen molar-refractivity contribution in [2.75, 3.05) is 6.61 Å². The smallest absolute Gasteiger partial charge is 0.111 e. The van der Waals surface area contributed by atoms with Crippen molar-refractivity contribution in [1.29, 1.82) is 0 Å². The van der Waals surface area contributed by atoms with Crippen LogP contribution in [0.15, 0.2) is 0 Å². The number of ether oxygens (including phenoxy) is 1. The van der Waals surface area contributed by atoms with Gasteiger partial charge in [0.1, 0.15) is 24.4 Å². The minimum atomic E-state index is -1.26. The van der Waals surface area contributed by atoms with E-state index in [1.165, 1.54) is 0 Å². The Bertz CT molecular complexity index is 182. The lowest BCUT2D eigenvalue weighted by Crippen LogP contribution is -2.59. The van der Waals surface area contributed by atoms with Gasteiger partial charge in [0.15, 0.2) is 0 Å². The molecule has 1 saturated heterocycles. The zero-order chi connectivity index (χ0) is 10.9. The van der Waals surface area contributed by atoms with Crippen LogP contribution in [0.1, 0.15) is 13.8 Å². The molecular formula is C9H18O5. The van der Waals surface area contributed by atoms with E-state index in [4.69, 9.17) is 9.84 Å². The van der Waals surface area contributed by atoms with E-state index in [0.29, 0.717) is 0 Å². The molecule has 1 aliphatic heterocycles. The Hall–Kier alpha value is -0.200. The van der Waals surface area contributed by atoms with Gasteiger partial charge in [0.2, 0.25) is 0 Å². The normalized spacial score (nSPS) is 44.4. The fraction of sp³-hybridized carbons (Fsp3) is 1.00. The van der Waals surface area contributed by atoms with Gasteiger partial charge in [-0.1, -0.05) is 13.8 Å². The predicted molar refractivity (Wildman–Crippen MR) is 48.6 cm³/mol. The van der Waals surface area contributed by atoms with Crippen LogP contribution in [0.2, 0.25) is 0 Å². The molecule has 1 heterocycles. The number of aliphatic hydroxyl groups is 4. The molecule has 5 nitrogen and oxygen atoms in total. The lowest BCUT2D eigenvalue weighted by atomic mass is 9.90. The molecule has 0 aliphatic carbocycles. The van der Waals surface area contributed by atoms with Gasteiger partial charge in [-0.05, 0) is 5.92 Å². The first kappa shape index (κ1) is 11.9. The summed E-state index contributed by atoms with van der Waals surface area (Å²) in [6, 6.07) is 0. The average Bonchev–Trinajstić information content (AvgIpc) is 2.14. The highest BCUT2D eigenvalue weighted by atomic mass is 16.5. The van der Waals surface area contributed by atoms with E-state index >= 15 is 0 Å². The van der Waals surface area contributed by atoms with Crippen LogP contribution < -0.4 is 0 Å². The van der Waals surface area contributed by atoms with Crippen molar-refractivity contribution in [3.63, 3.8) is 0 Å². The molecule has 0 amide bonds. The van der Waals surface area contributed by atoms with Crippen LogP contribution in [0.4, 0.5) is 0 Å². The third kappa shape index (κ3) is 2.07. The zero-order valence-electron chi connectivity index (χ0n) is 8.37. The van der Waals surface area contributed by atoms with Gasteiger partial charge in [-0.2, -0.15) is 0 Å². The highest BCUT2D eigenvalue weighted by Gasteiger charge is 2.44. The minimum Gasteiger partial charge on any atom is -0.394 e. The van der Waals surface area contributed by atoms with Crippen LogP contribution in [-0.4, -0.2) is 57.6 Å². The molecule has 3 unspecified atom stereocenters. The third-order valence-electron chi connectivity index (χ3n) is 2.59. The van der Waals surface area contributed by atoms with Gasteiger partial charge < -0.3 is 25.2 Å². The van der Waals surface area contributed by atoms with E-state index in [1.807, 2.05) is 13.8 Å². The average molecular weight is 206 g/mol. The highest BCUT2D eigenvalue weighted by Crippen LogP contribution is 2.25. The van der Waals surface area contributed by atoms with Crippen molar-refractivity contribution in [3.05, 3.63) is 0 Å². The van der Waals surface area contributed by atoms with Gasteiger partial charge in [-0.3, -0.25) is 0 Å². The predicted octanol–water partition coefficient (Wildman–Crippen LogP) is -1.52. The fourth-order valence-corrected chi connectivity index (χ4v) is 1.68. The summed E-state index contributed by atoms with van der Waals surface area (Å²) in [6.07, 6.45) is -4.96. The molecule has 0 aromatic rings. The molecule has 1 rings (SSSR count). The van der Waals surface area contributed by atoms with Crippen molar-refractivity contribution in [3.8, 4) is 0 Å². The summed E-state index contributed by atoms with van der Waals surface area (Å²) in [5.74, 6) is 0.0150. The van der Waals surface area contributed by atoms with Crippen molar-refractivity contribution >= 4 is 0 Å². The molecule has 0 bridgehead atoms. The molecule has 84 valence electrons. The van der Waals surface area contributed by atoms with E-state index in [-0.39, 0.29) is 12.5 Å². The Morgan fingerprint density at radius 3 is 2.07 bits per heavy atom. The molecule has 0 spiro atoms. The maximum absolute atomic E-state index is 9.57. The van der Waals surface area contributed by atoms with Crippen molar-refractivity contribution in [2.24, 2.45) is 5.92 Å². The molecule has 5 atom stereocenters. The third-order valence-corrected chi connectivity index (χ3v) is 2.59. The van der Waals surface area contributed by atoms with E-state index < -0.39 is 30.5 Å². The topological polar surface area (TPSA) is 90.2 Å². The molecule has 0 aromatic carbocycles. The summed E-state index contributed by atoms with van der Waals surface area (Å²) in [6.45, 7) is 3.31. The Morgan fingerprint density at radius 2 is 1.64 bits per heavy atom. The first-order valence-electron chi connectivity index (χ1n) is 4.79. The lowest BCUT2D eigenvalue weighted by molar-refractivity contribution is -0.238. The second-order valence-corrected chi connectivity index (χ2v) is 4.04. The van der Waals surface area contributed by atoms with Crippen LogP contribution in [0.25, 0.3) is 0 Å². The first-order chi connectivity index (χ1) is 6.49. The van der Waals surface area contributed by atoms with Gasteiger partial charge in [0.05, 0.1) is 12.7 Å². The van der Waals surface area contributed by atoms with E-state index in [0.717, 1.165) is 0 Å². The van der Waals surface area contributed by atoms with Crippen LogP contribution in [0, 0.1) is 5.92 Å². The second kappa shape index (κ2) is 4.55. The molecule has 0 radical (unpaired) electrons. The Labute approximate surface area is 82.9 Å². The van der Waals surface area contributed by atoms with Gasteiger partial charge in [-0.25, -0.2) is 0 Å².